The highest BCUT2D eigenvalue weighted by atomic mass is 32.2. The van der Waals surface area contributed by atoms with Gasteiger partial charge in [0.05, 0.1) is 5.52 Å². The van der Waals surface area contributed by atoms with E-state index in [0.29, 0.717) is 5.25 Å². The maximum atomic E-state index is 5.32. The predicted molar refractivity (Wildman–Crippen MR) is 72.6 cm³/mol. The van der Waals surface area contributed by atoms with E-state index < -0.39 is 0 Å². The average Bonchev–Trinajstić information content (AvgIpc) is 2.55. The van der Waals surface area contributed by atoms with Crippen LogP contribution in [0.5, 0.6) is 0 Å². The summed E-state index contributed by atoms with van der Waals surface area (Å²) in [6.45, 7) is 5.09. The van der Waals surface area contributed by atoms with Gasteiger partial charge in [-0.25, -0.2) is 4.98 Å². The van der Waals surface area contributed by atoms with Crippen molar-refractivity contribution in [1.29, 1.82) is 0 Å². The first kappa shape index (κ1) is 11.7. The van der Waals surface area contributed by atoms with Crippen molar-refractivity contribution in [3.05, 3.63) is 22.6 Å². The van der Waals surface area contributed by atoms with Gasteiger partial charge in [0.1, 0.15) is 0 Å². The zero-order valence-corrected chi connectivity index (χ0v) is 11.3. The van der Waals surface area contributed by atoms with Gasteiger partial charge < -0.3 is 9.55 Å². The van der Waals surface area contributed by atoms with Crippen LogP contribution in [0.4, 0.5) is 0 Å². The summed E-state index contributed by atoms with van der Waals surface area (Å²) in [7, 11) is 0. The Balaban J connectivity index is 2.54. The number of imidazole rings is 1. The van der Waals surface area contributed by atoms with Gasteiger partial charge in [0.15, 0.2) is 10.4 Å². The Kier molecular flexibility index (Phi) is 3.35. The number of fused-ring (bicyclic) bond motifs is 1. The molecular formula is C11H15N3S2. The summed E-state index contributed by atoms with van der Waals surface area (Å²) in [5.74, 6) is 0. The molecule has 0 saturated carbocycles. The molecular weight excluding hydrogens is 238 g/mol. The molecule has 0 amide bonds. The first-order chi connectivity index (χ1) is 7.61. The molecule has 1 atom stereocenters. The van der Waals surface area contributed by atoms with Gasteiger partial charge in [-0.2, -0.15) is 11.8 Å². The molecule has 1 N–H and O–H groups in total. The normalized spacial score (nSPS) is 13.2. The highest BCUT2D eigenvalue weighted by molar-refractivity contribution is 7.99. The van der Waals surface area contributed by atoms with Gasteiger partial charge in [-0.3, -0.25) is 0 Å². The van der Waals surface area contributed by atoms with E-state index in [0.717, 1.165) is 28.2 Å². The molecule has 0 aliphatic carbocycles. The second-order valence-corrected chi connectivity index (χ2v) is 5.57. The standard InChI is InChI=1S/C11H15N3S2/c1-7-4-5-9-10(12-7)14(11(15)13-9)6-8(2)16-3/h4-5,8H,6H2,1-3H3,(H,13,15). The fourth-order valence-electron chi connectivity index (χ4n) is 1.63. The average molecular weight is 253 g/mol. The number of H-pyrrole nitrogens is 1. The molecule has 0 radical (unpaired) electrons. The molecule has 2 rings (SSSR count). The van der Waals surface area contributed by atoms with Crippen LogP contribution in [0.15, 0.2) is 12.1 Å². The lowest BCUT2D eigenvalue weighted by molar-refractivity contribution is 0.696. The van der Waals surface area contributed by atoms with Crippen molar-refractivity contribution in [2.45, 2.75) is 25.6 Å². The van der Waals surface area contributed by atoms with Crippen LogP contribution in [-0.4, -0.2) is 26.0 Å². The molecule has 5 heteroatoms. The molecule has 0 aliphatic rings. The zero-order valence-electron chi connectivity index (χ0n) is 9.65. The molecule has 3 nitrogen and oxygen atoms in total. The van der Waals surface area contributed by atoms with Crippen molar-refractivity contribution in [3.8, 4) is 0 Å². The van der Waals surface area contributed by atoms with E-state index in [1.165, 1.54) is 0 Å². The molecule has 0 bridgehead atoms. The van der Waals surface area contributed by atoms with Gasteiger partial charge >= 0.3 is 0 Å². The first-order valence-electron chi connectivity index (χ1n) is 5.21. The van der Waals surface area contributed by atoms with Gasteiger partial charge in [0.2, 0.25) is 0 Å². The molecule has 16 heavy (non-hydrogen) atoms. The first-order valence-corrected chi connectivity index (χ1v) is 6.90. The van der Waals surface area contributed by atoms with E-state index in [2.05, 4.69) is 27.7 Å². The van der Waals surface area contributed by atoms with Crippen LogP contribution in [-0.2, 0) is 6.54 Å². The topological polar surface area (TPSA) is 33.6 Å². The molecule has 0 aromatic carbocycles. The number of nitrogens with zero attached hydrogens (tertiary/aromatic N) is 2. The summed E-state index contributed by atoms with van der Waals surface area (Å²) >= 11 is 7.16. The van der Waals surface area contributed by atoms with Crippen molar-refractivity contribution in [2.24, 2.45) is 0 Å². The molecule has 0 aliphatic heterocycles. The molecule has 0 spiro atoms. The van der Waals surface area contributed by atoms with Crippen LogP contribution in [0.2, 0.25) is 0 Å². The summed E-state index contributed by atoms with van der Waals surface area (Å²) in [4.78, 5) is 7.73. The minimum Gasteiger partial charge on any atom is -0.329 e. The van der Waals surface area contributed by atoms with Gasteiger partial charge in [-0.05, 0) is 37.5 Å². The van der Waals surface area contributed by atoms with Crippen LogP contribution >= 0.6 is 24.0 Å². The Bertz CT molecular complexity index is 556. The summed E-state index contributed by atoms with van der Waals surface area (Å²) in [6, 6.07) is 4.03. The number of nitrogens with one attached hydrogen (secondary N) is 1. The lowest BCUT2D eigenvalue weighted by atomic mass is 10.3. The van der Waals surface area contributed by atoms with Gasteiger partial charge in [0.25, 0.3) is 0 Å². The van der Waals surface area contributed by atoms with Crippen molar-refractivity contribution < 1.29 is 0 Å². The van der Waals surface area contributed by atoms with Gasteiger partial charge in [-0.15, -0.1) is 0 Å². The Morgan fingerprint density at radius 1 is 1.56 bits per heavy atom. The molecule has 1 unspecified atom stereocenters. The summed E-state index contributed by atoms with van der Waals surface area (Å²) in [5, 5.41) is 0.535. The molecule has 86 valence electrons. The number of pyridine rings is 1. The van der Waals surface area contributed by atoms with Gasteiger partial charge in [0, 0.05) is 17.5 Å². The van der Waals surface area contributed by atoms with Crippen molar-refractivity contribution in [3.63, 3.8) is 0 Å². The fourth-order valence-corrected chi connectivity index (χ4v) is 2.20. The molecule has 2 aromatic rings. The molecule has 2 aromatic heterocycles. The lowest BCUT2D eigenvalue weighted by Gasteiger charge is -2.09. The zero-order chi connectivity index (χ0) is 11.7. The maximum absolute atomic E-state index is 5.32. The lowest BCUT2D eigenvalue weighted by Crippen LogP contribution is -2.09. The van der Waals surface area contributed by atoms with Crippen LogP contribution < -0.4 is 0 Å². The van der Waals surface area contributed by atoms with Crippen LogP contribution in [0.1, 0.15) is 12.6 Å². The Morgan fingerprint density at radius 3 is 3.00 bits per heavy atom. The van der Waals surface area contributed by atoms with E-state index in [-0.39, 0.29) is 0 Å². The maximum Gasteiger partial charge on any atom is 0.179 e. The number of aromatic amines is 1. The van der Waals surface area contributed by atoms with Gasteiger partial charge in [-0.1, -0.05) is 6.92 Å². The fraction of sp³-hybridized carbons (Fsp3) is 0.455. The van der Waals surface area contributed by atoms with Crippen molar-refractivity contribution in [2.75, 3.05) is 6.26 Å². The largest absolute Gasteiger partial charge is 0.329 e. The van der Waals surface area contributed by atoms with Crippen molar-refractivity contribution in [1.82, 2.24) is 14.5 Å². The quantitative estimate of drug-likeness (QED) is 0.853. The van der Waals surface area contributed by atoms with E-state index in [4.69, 9.17) is 12.2 Å². The molecule has 0 saturated heterocycles. The van der Waals surface area contributed by atoms with E-state index >= 15 is 0 Å². The highest BCUT2D eigenvalue weighted by Crippen LogP contribution is 2.16. The third kappa shape index (κ3) is 2.15. The molecule has 0 fully saturated rings. The monoisotopic (exact) mass is 253 g/mol. The Labute approximate surface area is 104 Å². The van der Waals surface area contributed by atoms with E-state index in [1.54, 1.807) is 0 Å². The van der Waals surface area contributed by atoms with Crippen LogP contribution in [0.25, 0.3) is 11.2 Å². The molecule has 2 heterocycles. The van der Waals surface area contributed by atoms with Crippen molar-refractivity contribution >= 4 is 35.1 Å². The predicted octanol–water partition coefficient (Wildman–Crippen LogP) is 3.15. The number of rotatable bonds is 3. The number of aromatic nitrogens is 3. The Hall–Kier alpha value is -0.810. The van der Waals surface area contributed by atoms with Crippen LogP contribution in [0, 0.1) is 11.7 Å². The highest BCUT2D eigenvalue weighted by Gasteiger charge is 2.08. The minimum absolute atomic E-state index is 0.535. The number of thioether (sulfide) groups is 1. The minimum atomic E-state index is 0.535. The van der Waals surface area contributed by atoms with E-state index in [9.17, 15) is 0 Å². The summed E-state index contributed by atoms with van der Waals surface area (Å²) < 4.78 is 2.84. The number of hydrogen-bond acceptors (Lipinski definition) is 3. The second-order valence-electron chi connectivity index (χ2n) is 3.91. The summed E-state index contributed by atoms with van der Waals surface area (Å²) in [5.41, 5.74) is 3.00. The third-order valence-corrected chi connectivity index (χ3v) is 3.88. The SMILES string of the molecule is CSC(C)Cn1c(=S)[nH]c2ccc(C)nc21. The summed E-state index contributed by atoms with van der Waals surface area (Å²) in [6.07, 6.45) is 2.11. The van der Waals surface area contributed by atoms with E-state index in [1.807, 2.05) is 30.8 Å². The smallest absolute Gasteiger partial charge is 0.179 e. The third-order valence-electron chi connectivity index (χ3n) is 2.60. The Morgan fingerprint density at radius 2 is 2.31 bits per heavy atom. The van der Waals surface area contributed by atoms with Crippen LogP contribution in [0.3, 0.4) is 0 Å². The second kappa shape index (κ2) is 4.59. The number of aryl methyl sites for hydroxylation is 1. The number of hydrogen-bond donors (Lipinski definition) is 1.